The summed E-state index contributed by atoms with van der Waals surface area (Å²) in [5, 5.41) is 8.29. The number of carbonyl (C=O) groups is 1. The predicted octanol–water partition coefficient (Wildman–Crippen LogP) is 0.518. The molecule has 0 atom stereocenters. The minimum Gasteiger partial charge on any atom is -0.478 e. The third-order valence-corrected chi connectivity index (χ3v) is 1.25. The van der Waals surface area contributed by atoms with Gasteiger partial charge < -0.3 is 9.67 Å². The average molecular weight is 152 g/mol. The molecule has 1 aromatic rings. The Labute approximate surface area is 63.8 Å². The summed E-state index contributed by atoms with van der Waals surface area (Å²) in [4.78, 5) is 13.9. The minimum atomic E-state index is -0.953. The molecule has 4 heteroatoms. The zero-order valence-electron chi connectivity index (χ0n) is 6.06. The highest BCUT2D eigenvalue weighted by atomic mass is 16.4. The summed E-state index contributed by atoms with van der Waals surface area (Å²) >= 11 is 0. The van der Waals surface area contributed by atoms with Crippen molar-refractivity contribution in [1.82, 2.24) is 9.55 Å². The summed E-state index contributed by atoms with van der Waals surface area (Å²) < 4.78 is 1.74. The summed E-state index contributed by atoms with van der Waals surface area (Å²) in [5.41, 5.74) is 0.771. The third-order valence-electron chi connectivity index (χ3n) is 1.25. The van der Waals surface area contributed by atoms with Gasteiger partial charge in [0, 0.05) is 13.1 Å². The lowest BCUT2D eigenvalue weighted by molar-refractivity contribution is -0.131. The van der Waals surface area contributed by atoms with E-state index in [9.17, 15) is 4.79 Å². The van der Waals surface area contributed by atoms with Gasteiger partial charge in [0.15, 0.2) is 0 Å². The normalized spacial score (nSPS) is 10.6. The Morgan fingerprint density at radius 3 is 3.00 bits per heavy atom. The van der Waals surface area contributed by atoms with E-state index in [1.54, 1.807) is 24.1 Å². The predicted molar refractivity (Wildman–Crippen MR) is 39.9 cm³/mol. The number of imidazole rings is 1. The number of nitrogens with zero attached hydrogens (tertiary/aromatic N) is 2. The molecule has 0 aliphatic rings. The van der Waals surface area contributed by atoms with Crippen LogP contribution in [0.4, 0.5) is 0 Å². The number of aryl methyl sites for hydroxylation is 1. The first-order valence-corrected chi connectivity index (χ1v) is 3.07. The Morgan fingerprint density at radius 1 is 1.82 bits per heavy atom. The minimum absolute atomic E-state index is 0.771. The molecule has 0 saturated heterocycles. The van der Waals surface area contributed by atoms with Crippen molar-refractivity contribution in [3.05, 3.63) is 24.3 Å². The van der Waals surface area contributed by atoms with Crippen LogP contribution in [-0.2, 0) is 11.8 Å². The molecule has 58 valence electrons. The van der Waals surface area contributed by atoms with E-state index in [-0.39, 0.29) is 0 Å². The molecule has 0 bridgehead atoms. The number of rotatable bonds is 2. The van der Waals surface area contributed by atoms with Gasteiger partial charge >= 0.3 is 5.97 Å². The molecule has 1 heterocycles. The van der Waals surface area contributed by atoms with E-state index in [0.29, 0.717) is 0 Å². The Balaban J connectivity index is 2.79. The number of aliphatic carboxylic acids is 1. The van der Waals surface area contributed by atoms with Gasteiger partial charge in [0.05, 0.1) is 18.2 Å². The van der Waals surface area contributed by atoms with Gasteiger partial charge in [0.1, 0.15) is 0 Å². The second kappa shape index (κ2) is 3.01. The van der Waals surface area contributed by atoms with Crippen LogP contribution in [0.1, 0.15) is 5.69 Å². The smallest absolute Gasteiger partial charge is 0.328 e. The summed E-state index contributed by atoms with van der Waals surface area (Å²) in [6.07, 6.45) is 5.79. The zero-order valence-corrected chi connectivity index (χ0v) is 6.06. The maximum absolute atomic E-state index is 10.1. The molecule has 1 aromatic heterocycles. The van der Waals surface area contributed by atoms with Crippen molar-refractivity contribution in [2.75, 3.05) is 0 Å². The molecule has 0 aliphatic heterocycles. The quantitative estimate of drug-likeness (QED) is 0.628. The molecule has 1 N–H and O–H groups in total. The zero-order chi connectivity index (χ0) is 8.27. The molecule has 0 aromatic carbocycles. The van der Waals surface area contributed by atoms with E-state index in [1.807, 2.05) is 0 Å². The Bertz CT molecular complexity index is 288. The van der Waals surface area contributed by atoms with Crippen molar-refractivity contribution in [3.8, 4) is 0 Å². The van der Waals surface area contributed by atoms with E-state index >= 15 is 0 Å². The molecule has 4 nitrogen and oxygen atoms in total. The van der Waals surface area contributed by atoms with Gasteiger partial charge in [-0.2, -0.15) is 0 Å². The Kier molecular flexibility index (Phi) is 2.06. The summed E-state index contributed by atoms with van der Waals surface area (Å²) in [5.74, 6) is -0.953. The van der Waals surface area contributed by atoms with E-state index in [1.165, 1.54) is 6.08 Å². The monoisotopic (exact) mass is 152 g/mol. The van der Waals surface area contributed by atoms with E-state index in [4.69, 9.17) is 5.11 Å². The molecule has 0 saturated carbocycles. The van der Waals surface area contributed by atoms with Gasteiger partial charge in [-0.25, -0.2) is 9.78 Å². The van der Waals surface area contributed by atoms with Crippen molar-refractivity contribution in [1.29, 1.82) is 0 Å². The largest absolute Gasteiger partial charge is 0.478 e. The van der Waals surface area contributed by atoms with Gasteiger partial charge in [-0.15, -0.1) is 0 Å². The van der Waals surface area contributed by atoms with Crippen molar-refractivity contribution in [2.45, 2.75) is 0 Å². The third kappa shape index (κ3) is 1.93. The first kappa shape index (κ1) is 7.53. The fraction of sp³-hybridized carbons (Fsp3) is 0.143. The molecule has 0 amide bonds. The van der Waals surface area contributed by atoms with Crippen LogP contribution in [0.25, 0.3) is 6.08 Å². The summed E-state index contributed by atoms with van der Waals surface area (Å²) in [6, 6.07) is 0. The molecular weight excluding hydrogens is 144 g/mol. The second-order valence-corrected chi connectivity index (χ2v) is 2.10. The van der Waals surface area contributed by atoms with Gasteiger partial charge in [0.2, 0.25) is 0 Å². The van der Waals surface area contributed by atoms with Crippen LogP contribution in [-0.4, -0.2) is 20.6 Å². The molecule has 0 radical (unpaired) electrons. The first-order chi connectivity index (χ1) is 5.20. The molecule has 0 fully saturated rings. The summed E-state index contributed by atoms with van der Waals surface area (Å²) in [7, 11) is 1.80. The number of aromatic nitrogens is 2. The van der Waals surface area contributed by atoms with Gasteiger partial charge in [-0.05, 0) is 6.08 Å². The Hall–Kier alpha value is -1.58. The lowest BCUT2D eigenvalue weighted by Crippen LogP contribution is -1.90. The number of carboxylic acids is 1. The van der Waals surface area contributed by atoms with Crippen LogP contribution in [0, 0.1) is 0 Å². The topological polar surface area (TPSA) is 55.1 Å². The van der Waals surface area contributed by atoms with Crippen LogP contribution in [0.5, 0.6) is 0 Å². The first-order valence-electron chi connectivity index (χ1n) is 3.07. The fourth-order valence-corrected chi connectivity index (χ4v) is 0.685. The van der Waals surface area contributed by atoms with Gasteiger partial charge in [0.25, 0.3) is 0 Å². The van der Waals surface area contributed by atoms with Crippen LogP contribution in [0.15, 0.2) is 18.6 Å². The van der Waals surface area contributed by atoms with Crippen molar-refractivity contribution in [2.24, 2.45) is 7.05 Å². The van der Waals surface area contributed by atoms with Crippen LogP contribution in [0.2, 0.25) is 0 Å². The van der Waals surface area contributed by atoms with Crippen molar-refractivity contribution >= 4 is 12.0 Å². The molecule has 1 rings (SSSR count). The highest BCUT2D eigenvalue weighted by Crippen LogP contribution is 1.97. The van der Waals surface area contributed by atoms with Crippen molar-refractivity contribution in [3.63, 3.8) is 0 Å². The number of hydrogen-bond acceptors (Lipinski definition) is 2. The second-order valence-electron chi connectivity index (χ2n) is 2.10. The highest BCUT2D eigenvalue weighted by Gasteiger charge is 1.92. The van der Waals surface area contributed by atoms with Gasteiger partial charge in [-0.3, -0.25) is 0 Å². The van der Waals surface area contributed by atoms with Crippen LogP contribution < -0.4 is 0 Å². The molecule has 0 unspecified atom stereocenters. The van der Waals surface area contributed by atoms with Crippen LogP contribution >= 0.6 is 0 Å². The lowest BCUT2D eigenvalue weighted by Gasteiger charge is -1.91. The van der Waals surface area contributed by atoms with Gasteiger partial charge in [-0.1, -0.05) is 0 Å². The average Bonchev–Trinajstić information content (AvgIpc) is 2.31. The molecule has 0 spiro atoms. The summed E-state index contributed by atoms with van der Waals surface area (Å²) in [6.45, 7) is 0. The fourth-order valence-electron chi connectivity index (χ4n) is 0.685. The van der Waals surface area contributed by atoms with E-state index < -0.39 is 5.97 Å². The SMILES string of the molecule is Cn1cncc1C=CC(=O)O. The molecule has 11 heavy (non-hydrogen) atoms. The Morgan fingerprint density at radius 2 is 2.55 bits per heavy atom. The van der Waals surface area contributed by atoms with Crippen molar-refractivity contribution < 1.29 is 9.90 Å². The maximum Gasteiger partial charge on any atom is 0.328 e. The van der Waals surface area contributed by atoms with E-state index in [0.717, 1.165) is 11.8 Å². The lowest BCUT2D eigenvalue weighted by atomic mass is 10.4. The number of carboxylic acid groups (broad SMARTS) is 1. The number of hydrogen-bond donors (Lipinski definition) is 1. The molecular formula is C7H8N2O2. The van der Waals surface area contributed by atoms with Crippen LogP contribution in [0.3, 0.4) is 0 Å². The molecule has 0 aliphatic carbocycles. The highest BCUT2D eigenvalue weighted by molar-refractivity contribution is 5.84. The van der Waals surface area contributed by atoms with E-state index in [2.05, 4.69) is 4.98 Å². The maximum atomic E-state index is 10.1. The standard InChI is InChI=1S/C7H8N2O2/c1-9-5-8-4-6(9)2-3-7(10)11/h2-5H,1H3,(H,10,11).